The summed E-state index contributed by atoms with van der Waals surface area (Å²) < 4.78 is 0. The molecule has 4 aromatic rings. The number of nitrogens with one attached hydrogen (secondary N) is 2. The number of aryl methyl sites for hydroxylation is 2. The van der Waals surface area contributed by atoms with Gasteiger partial charge in [-0.15, -0.1) is 11.6 Å². The predicted octanol–water partition coefficient (Wildman–Crippen LogP) is 8.16. The van der Waals surface area contributed by atoms with Gasteiger partial charge in [0.2, 0.25) is 23.6 Å². The van der Waals surface area contributed by atoms with Crippen molar-refractivity contribution in [2.45, 2.75) is 32.1 Å². The van der Waals surface area contributed by atoms with Crippen LogP contribution >= 0.6 is 58.0 Å². The number of benzene rings is 4. The molecule has 258 valence electrons. The van der Waals surface area contributed by atoms with E-state index in [1.54, 1.807) is 66.7 Å². The van der Waals surface area contributed by atoms with Crippen LogP contribution in [0.15, 0.2) is 84.9 Å². The van der Waals surface area contributed by atoms with Gasteiger partial charge in [-0.1, -0.05) is 46.4 Å². The molecule has 2 aliphatic heterocycles. The van der Waals surface area contributed by atoms with Crippen molar-refractivity contribution in [2.24, 2.45) is 5.73 Å². The number of nitrogen functional groups attached to an aromatic ring is 1. The Balaban J connectivity index is 0.000000181. The second-order valence-electron chi connectivity index (χ2n) is 10.6. The van der Waals surface area contributed by atoms with E-state index < -0.39 is 5.91 Å². The van der Waals surface area contributed by atoms with Crippen LogP contribution in [0.5, 0.6) is 0 Å². The summed E-state index contributed by atoms with van der Waals surface area (Å²) >= 11 is 28.3. The van der Waals surface area contributed by atoms with Crippen molar-refractivity contribution < 1.29 is 19.2 Å². The molecule has 9 nitrogen and oxygen atoms in total. The number of halogens is 5. The zero-order valence-electron chi connectivity index (χ0n) is 26.2. The summed E-state index contributed by atoms with van der Waals surface area (Å²) in [5.74, 6) is -0.258. The fourth-order valence-electron chi connectivity index (χ4n) is 4.52. The molecule has 0 aromatic heterocycles. The second kappa shape index (κ2) is 19.9. The highest BCUT2D eigenvalue weighted by molar-refractivity contribution is 6.31. The van der Waals surface area contributed by atoms with Crippen LogP contribution in [-0.2, 0) is 32.0 Å². The molecule has 4 aromatic carbocycles. The van der Waals surface area contributed by atoms with Crippen molar-refractivity contribution in [3.8, 4) is 0 Å². The SMILES string of the molecule is NC(=O)CN1C(=O)CCc2cc(Cl)ccc21.Nc1ccc(Cl)cc1.O=C(CCCl)Nc1ccc(Cl)cc1.O=C1CCc2cc(Cl)ccc2N1. The van der Waals surface area contributed by atoms with Crippen molar-refractivity contribution >= 4 is 104 Å². The molecule has 4 amide bonds. The topological polar surface area (TPSA) is 148 Å². The van der Waals surface area contributed by atoms with E-state index in [1.165, 1.54) is 4.90 Å². The summed E-state index contributed by atoms with van der Waals surface area (Å²) in [5, 5.41) is 8.21. The van der Waals surface area contributed by atoms with E-state index in [2.05, 4.69) is 10.6 Å². The number of hydrogen-bond donors (Lipinski definition) is 4. The van der Waals surface area contributed by atoms with Gasteiger partial charge in [0.1, 0.15) is 6.54 Å². The molecule has 6 rings (SSSR count). The van der Waals surface area contributed by atoms with E-state index >= 15 is 0 Å². The Bertz CT molecular complexity index is 1730. The number of primary amides is 1. The van der Waals surface area contributed by atoms with Crippen molar-refractivity contribution in [1.82, 2.24) is 0 Å². The predicted molar refractivity (Wildman–Crippen MR) is 201 cm³/mol. The van der Waals surface area contributed by atoms with Gasteiger partial charge < -0.3 is 27.0 Å². The number of alkyl halides is 1. The molecule has 2 aliphatic rings. The molecule has 0 saturated heterocycles. The van der Waals surface area contributed by atoms with Crippen LogP contribution in [0.3, 0.4) is 0 Å². The lowest BCUT2D eigenvalue weighted by Crippen LogP contribution is -2.41. The first-order valence-corrected chi connectivity index (χ1v) is 17.0. The highest BCUT2D eigenvalue weighted by Gasteiger charge is 2.25. The van der Waals surface area contributed by atoms with E-state index in [4.69, 9.17) is 69.5 Å². The zero-order valence-corrected chi connectivity index (χ0v) is 29.9. The van der Waals surface area contributed by atoms with Gasteiger partial charge in [-0.3, -0.25) is 19.2 Å². The quantitative estimate of drug-likeness (QED) is 0.120. The molecular formula is C35H34Cl5N5O4. The highest BCUT2D eigenvalue weighted by atomic mass is 35.5. The third-order valence-electron chi connectivity index (χ3n) is 6.84. The monoisotopic (exact) mass is 763 g/mol. The molecule has 0 spiro atoms. The van der Waals surface area contributed by atoms with E-state index in [9.17, 15) is 19.2 Å². The molecule has 0 atom stereocenters. The van der Waals surface area contributed by atoms with E-state index in [1.807, 2.05) is 18.2 Å². The number of hydrogen-bond acceptors (Lipinski definition) is 5. The maximum Gasteiger partial charge on any atom is 0.237 e. The fraction of sp³-hybridized carbons (Fsp3) is 0.200. The largest absolute Gasteiger partial charge is 0.399 e. The number of anilines is 4. The maximum atomic E-state index is 11.7. The van der Waals surface area contributed by atoms with E-state index in [-0.39, 0.29) is 24.3 Å². The van der Waals surface area contributed by atoms with Crippen LogP contribution < -0.4 is 27.0 Å². The molecule has 6 N–H and O–H groups in total. The van der Waals surface area contributed by atoms with Crippen LogP contribution in [0.4, 0.5) is 22.7 Å². The molecule has 0 bridgehead atoms. The Labute approximate surface area is 309 Å². The van der Waals surface area contributed by atoms with Crippen LogP contribution in [0.2, 0.25) is 20.1 Å². The third-order valence-corrected chi connectivity index (χ3v) is 8.00. The lowest BCUT2D eigenvalue weighted by Gasteiger charge is -2.28. The molecule has 0 radical (unpaired) electrons. The third kappa shape index (κ3) is 13.8. The Morgan fingerprint density at radius 1 is 0.735 bits per heavy atom. The number of fused-ring (bicyclic) bond motifs is 2. The Kier molecular flexibility index (Phi) is 16.0. The number of rotatable bonds is 5. The van der Waals surface area contributed by atoms with Crippen molar-refractivity contribution in [2.75, 3.05) is 33.7 Å². The summed E-state index contributed by atoms with van der Waals surface area (Å²) in [6.45, 7) is -0.0759. The lowest BCUT2D eigenvalue weighted by molar-refractivity contribution is -0.122. The van der Waals surface area contributed by atoms with Gasteiger partial charge >= 0.3 is 0 Å². The van der Waals surface area contributed by atoms with Crippen LogP contribution in [0.25, 0.3) is 0 Å². The molecule has 0 aliphatic carbocycles. The Hall–Kier alpha value is -3.99. The number of carbonyl (C=O) groups is 4. The summed E-state index contributed by atoms with van der Waals surface area (Å²) in [4.78, 5) is 46.0. The van der Waals surface area contributed by atoms with Gasteiger partial charge in [0, 0.05) is 68.0 Å². The maximum absolute atomic E-state index is 11.7. The first-order chi connectivity index (χ1) is 23.3. The molecule has 49 heavy (non-hydrogen) atoms. The molecule has 0 saturated carbocycles. The minimum Gasteiger partial charge on any atom is -0.399 e. The van der Waals surface area contributed by atoms with Crippen LogP contribution in [0, 0.1) is 0 Å². The summed E-state index contributed by atoms with van der Waals surface area (Å²) in [6.07, 6.45) is 2.73. The van der Waals surface area contributed by atoms with Gasteiger partial charge in [-0.25, -0.2) is 0 Å². The summed E-state index contributed by atoms with van der Waals surface area (Å²) in [7, 11) is 0. The average Bonchev–Trinajstić information content (AvgIpc) is 3.06. The van der Waals surface area contributed by atoms with Crippen LogP contribution in [-0.4, -0.2) is 36.1 Å². The zero-order chi connectivity index (χ0) is 35.9. The van der Waals surface area contributed by atoms with E-state index in [0.717, 1.165) is 50.3 Å². The fourth-order valence-corrected chi connectivity index (χ4v) is 5.33. The molecule has 2 heterocycles. The lowest BCUT2D eigenvalue weighted by atomic mass is 10.0. The first kappa shape index (κ1) is 39.4. The summed E-state index contributed by atoms with van der Waals surface area (Å²) in [5.41, 5.74) is 15.7. The van der Waals surface area contributed by atoms with Crippen molar-refractivity contribution in [3.63, 3.8) is 0 Å². The number of carbonyl (C=O) groups excluding carboxylic acids is 4. The normalized spacial score (nSPS) is 12.6. The number of nitrogens with zero attached hydrogens (tertiary/aromatic N) is 1. The van der Waals surface area contributed by atoms with Gasteiger partial charge in [0.05, 0.1) is 0 Å². The van der Waals surface area contributed by atoms with E-state index in [0.29, 0.717) is 41.6 Å². The molecule has 0 unspecified atom stereocenters. The summed E-state index contributed by atoms with van der Waals surface area (Å²) in [6, 6.07) is 24.8. The van der Waals surface area contributed by atoms with Gasteiger partial charge in [-0.2, -0.15) is 0 Å². The minimum atomic E-state index is -0.517. The minimum absolute atomic E-state index is 0.0753. The molecule has 14 heteroatoms. The Morgan fingerprint density at radius 2 is 1.29 bits per heavy atom. The standard InChI is InChI=1S/C11H11ClN2O2.C9H9Cl2NO.C9H8ClNO.C6H6ClN/c12-8-2-3-9-7(5-8)1-4-11(16)14(9)6-10(13)15;10-6-5-9(13)12-8-3-1-7(11)2-4-8;10-7-2-3-8-6(5-7)1-4-9(12)11-8;7-5-1-3-6(8)4-2-5/h2-3,5H,1,4,6H2,(H2,13,15);1-4H,5-6H2,(H,12,13);2-3,5H,1,4H2,(H,11,12);1-4H,8H2. The second-order valence-corrected chi connectivity index (χ2v) is 12.7. The highest BCUT2D eigenvalue weighted by Crippen LogP contribution is 2.30. The molecular weight excluding hydrogens is 732 g/mol. The van der Waals surface area contributed by atoms with Gasteiger partial charge in [0.15, 0.2) is 0 Å². The van der Waals surface area contributed by atoms with Crippen molar-refractivity contribution in [1.29, 1.82) is 0 Å². The molecule has 0 fully saturated rings. The number of amides is 4. The number of nitrogens with two attached hydrogens (primary N) is 2. The Morgan fingerprint density at radius 3 is 1.88 bits per heavy atom. The smallest absolute Gasteiger partial charge is 0.237 e. The van der Waals surface area contributed by atoms with Crippen molar-refractivity contribution in [3.05, 3.63) is 116 Å². The van der Waals surface area contributed by atoms with Gasteiger partial charge in [0.25, 0.3) is 0 Å². The van der Waals surface area contributed by atoms with Crippen LogP contribution in [0.1, 0.15) is 30.4 Å². The first-order valence-electron chi connectivity index (χ1n) is 14.9. The van der Waals surface area contributed by atoms with Gasteiger partial charge in [-0.05, 0) is 109 Å². The average molecular weight is 766 g/mol.